The number of allylic oxidation sites excluding steroid dienone is 2. The Balaban J connectivity index is 2.32. The highest BCUT2D eigenvalue weighted by molar-refractivity contribution is 5.97. The maximum absolute atomic E-state index is 13.7. The number of Topliss-reactive ketones (excluding diaryl/α,β-unsaturated/α-hetero) is 1. The number of anilines is 1. The second-order valence-corrected chi connectivity index (χ2v) is 6.08. The van der Waals surface area contributed by atoms with Crippen molar-refractivity contribution in [2.45, 2.75) is 38.8 Å². The molecule has 1 unspecified atom stereocenters. The van der Waals surface area contributed by atoms with Crippen LogP contribution < -0.4 is 5.32 Å². The van der Waals surface area contributed by atoms with Gasteiger partial charge in [-0.3, -0.25) is 4.79 Å². The van der Waals surface area contributed by atoms with Gasteiger partial charge in [-0.15, -0.1) is 0 Å². The number of phenols is 1. The number of alkyl halides is 1. The highest BCUT2D eigenvalue weighted by Gasteiger charge is 2.19. The summed E-state index contributed by atoms with van der Waals surface area (Å²) in [5, 5.41) is 13.5. The van der Waals surface area contributed by atoms with Crippen molar-refractivity contribution in [3.05, 3.63) is 41.5 Å². The van der Waals surface area contributed by atoms with Crippen molar-refractivity contribution in [3.63, 3.8) is 0 Å². The molecule has 5 nitrogen and oxygen atoms in total. The Morgan fingerprint density at radius 2 is 2.12 bits per heavy atom. The summed E-state index contributed by atoms with van der Waals surface area (Å²) in [5.74, 6) is -1.36. The number of nitrogens with one attached hydrogen (secondary N) is 1. The van der Waals surface area contributed by atoms with Gasteiger partial charge in [0.05, 0.1) is 0 Å². The summed E-state index contributed by atoms with van der Waals surface area (Å²) in [7, 11) is 0. The first-order valence-electron chi connectivity index (χ1n) is 8.81. The molecular weight excluding hydrogens is 337 g/mol. The number of carbonyl (C=O) groups is 2. The zero-order valence-electron chi connectivity index (χ0n) is 14.8. The van der Waals surface area contributed by atoms with E-state index in [2.05, 4.69) is 5.32 Å². The molecule has 1 aliphatic rings. The number of halogens is 1. The van der Waals surface area contributed by atoms with E-state index >= 15 is 0 Å². The Kier molecular flexibility index (Phi) is 7.38. The van der Waals surface area contributed by atoms with Crippen LogP contribution >= 0.6 is 0 Å². The molecule has 1 heterocycles. The molecule has 2 rings (SSSR count). The number of ether oxygens (including phenoxy) is 1. The van der Waals surface area contributed by atoms with Crippen molar-refractivity contribution < 1.29 is 23.8 Å². The minimum absolute atomic E-state index is 0.0710. The van der Waals surface area contributed by atoms with Gasteiger partial charge in [0.15, 0.2) is 12.0 Å². The lowest BCUT2D eigenvalue weighted by Gasteiger charge is -2.12. The molecule has 0 radical (unpaired) electrons. The Hall–Kier alpha value is -2.63. The first-order valence-corrected chi connectivity index (χ1v) is 8.81. The van der Waals surface area contributed by atoms with Crippen LogP contribution in [0.25, 0.3) is 6.08 Å². The summed E-state index contributed by atoms with van der Waals surface area (Å²) in [5.41, 5.74) is 1.31. The summed E-state index contributed by atoms with van der Waals surface area (Å²) in [4.78, 5) is 24.0. The minimum Gasteiger partial charge on any atom is -0.507 e. The van der Waals surface area contributed by atoms with E-state index in [0.29, 0.717) is 24.1 Å². The zero-order chi connectivity index (χ0) is 18.9. The molecule has 0 saturated carbocycles. The van der Waals surface area contributed by atoms with E-state index in [1.54, 1.807) is 18.2 Å². The highest BCUT2D eigenvalue weighted by atomic mass is 19.1. The number of aromatic hydroxyl groups is 1. The van der Waals surface area contributed by atoms with Crippen LogP contribution in [0.3, 0.4) is 0 Å². The first-order chi connectivity index (χ1) is 12.5. The van der Waals surface area contributed by atoms with Crippen molar-refractivity contribution >= 4 is 23.5 Å². The van der Waals surface area contributed by atoms with E-state index in [9.17, 15) is 19.1 Å². The van der Waals surface area contributed by atoms with E-state index in [4.69, 9.17) is 4.74 Å². The number of esters is 1. The Labute approximate surface area is 152 Å². The topological polar surface area (TPSA) is 75.6 Å². The van der Waals surface area contributed by atoms with Gasteiger partial charge >= 0.3 is 5.97 Å². The fourth-order valence-electron chi connectivity index (χ4n) is 2.59. The first kappa shape index (κ1) is 19.7. The fraction of sp³-hybridized carbons (Fsp3) is 0.400. The van der Waals surface area contributed by atoms with E-state index in [0.717, 1.165) is 19.0 Å². The van der Waals surface area contributed by atoms with Gasteiger partial charge in [-0.05, 0) is 43.0 Å². The quantitative estimate of drug-likeness (QED) is 0.628. The van der Waals surface area contributed by atoms with Crippen LogP contribution in [0.1, 0.15) is 48.5 Å². The van der Waals surface area contributed by atoms with Crippen LogP contribution in [-0.4, -0.2) is 36.2 Å². The lowest BCUT2D eigenvalue weighted by atomic mass is 10.0. The number of ketones is 1. The molecule has 0 aromatic heterocycles. The van der Waals surface area contributed by atoms with Crippen LogP contribution in [0.15, 0.2) is 30.4 Å². The standard InChI is InChI=1S/C20H24FNO4/c1-2-10-22-15-12-14-7-4-3-5-9-17(23)16(21)8-6-11-26-20(25)19(14)18(24)13-15/h4,6-8,12-13,16,22,24H,2-3,5,9-11H2,1H3. The van der Waals surface area contributed by atoms with E-state index in [1.165, 1.54) is 12.1 Å². The molecule has 1 aliphatic heterocycles. The normalized spacial score (nSPS) is 18.8. The molecule has 1 aromatic rings. The number of fused-ring (bicyclic) bond motifs is 1. The van der Waals surface area contributed by atoms with Gasteiger partial charge in [0.25, 0.3) is 0 Å². The van der Waals surface area contributed by atoms with Crippen LogP contribution in [0.5, 0.6) is 5.75 Å². The molecule has 1 atom stereocenters. The molecule has 1 aromatic carbocycles. The average Bonchev–Trinajstić information content (AvgIpc) is 2.61. The van der Waals surface area contributed by atoms with Crippen molar-refractivity contribution in [1.82, 2.24) is 0 Å². The van der Waals surface area contributed by atoms with Crippen LogP contribution in [0.4, 0.5) is 10.1 Å². The van der Waals surface area contributed by atoms with Gasteiger partial charge in [0.2, 0.25) is 0 Å². The van der Waals surface area contributed by atoms with E-state index in [1.807, 2.05) is 6.92 Å². The predicted molar refractivity (Wildman–Crippen MR) is 99.1 cm³/mol. The van der Waals surface area contributed by atoms with Gasteiger partial charge in [-0.25, -0.2) is 9.18 Å². The van der Waals surface area contributed by atoms with Gasteiger partial charge in [0.1, 0.15) is 17.9 Å². The third kappa shape index (κ3) is 5.44. The third-order valence-corrected chi connectivity index (χ3v) is 3.95. The summed E-state index contributed by atoms with van der Waals surface area (Å²) in [6.45, 7) is 2.59. The molecule has 140 valence electrons. The van der Waals surface area contributed by atoms with Crippen molar-refractivity contribution in [2.75, 3.05) is 18.5 Å². The molecule has 0 aliphatic carbocycles. The van der Waals surface area contributed by atoms with Crippen molar-refractivity contribution in [1.29, 1.82) is 0 Å². The molecule has 26 heavy (non-hydrogen) atoms. The van der Waals surface area contributed by atoms with E-state index < -0.39 is 17.9 Å². The number of rotatable bonds is 3. The van der Waals surface area contributed by atoms with Gasteiger partial charge < -0.3 is 15.2 Å². The fourth-order valence-corrected chi connectivity index (χ4v) is 2.59. The summed E-state index contributed by atoms with van der Waals surface area (Å²) in [6.07, 6.45) is 6.37. The number of hydrogen-bond acceptors (Lipinski definition) is 5. The second kappa shape index (κ2) is 9.75. The number of benzene rings is 1. The largest absolute Gasteiger partial charge is 0.507 e. The molecule has 2 N–H and O–H groups in total. The van der Waals surface area contributed by atoms with E-state index in [-0.39, 0.29) is 24.3 Å². The number of carbonyl (C=O) groups excluding carboxylic acids is 2. The Morgan fingerprint density at radius 3 is 2.88 bits per heavy atom. The molecule has 0 bridgehead atoms. The molecule has 0 saturated heterocycles. The monoisotopic (exact) mass is 361 g/mol. The number of phenolic OH excluding ortho intramolecular Hbond substituents is 1. The lowest BCUT2D eigenvalue weighted by Crippen LogP contribution is -2.13. The SMILES string of the molecule is CCCNc1cc(O)c2c(c1)C=CCCCC(=O)C(F)C=CCOC2=O. The van der Waals surface area contributed by atoms with Gasteiger partial charge in [-0.1, -0.05) is 19.1 Å². The summed E-state index contributed by atoms with van der Waals surface area (Å²) < 4.78 is 18.7. The van der Waals surface area contributed by atoms with Crippen molar-refractivity contribution in [3.8, 4) is 5.75 Å². The second-order valence-electron chi connectivity index (χ2n) is 6.08. The molecular formula is C20H24FNO4. The summed E-state index contributed by atoms with van der Waals surface area (Å²) >= 11 is 0. The predicted octanol–water partition coefficient (Wildman–Crippen LogP) is 4.03. The number of cyclic esters (lactones) is 1. The maximum atomic E-state index is 13.7. The average molecular weight is 361 g/mol. The van der Waals surface area contributed by atoms with Crippen molar-refractivity contribution in [2.24, 2.45) is 0 Å². The molecule has 0 fully saturated rings. The Bertz CT molecular complexity index is 712. The molecule has 6 heteroatoms. The van der Waals surface area contributed by atoms with Gasteiger partial charge in [0, 0.05) is 24.7 Å². The zero-order valence-corrected chi connectivity index (χ0v) is 14.8. The third-order valence-electron chi connectivity index (χ3n) is 3.95. The van der Waals surface area contributed by atoms with Crippen LogP contribution in [0, 0.1) is 0 Å². The maximum Gasteiger partial charge on any atom is 0.342 e. The molecule has 0 amide bonds. The minimum atomic E-state index is -1.69. The van der Waals surface area contributed by atoms with Crippen LogP contribution in [0.2, 0.25) is 0 Å². The summed E-state index contributed by atoms with van der Waals surface area (Å²) in [6, 6.07) is 3.26. The molecule has 0 spiro atoms. The Morgan fingerprint density at radius 1 is 1.31 bits per heavy atom. The smallest absolute Gasteiger partial charge is 0.342 e. The van der Waals surface area contributed by atoms with Gasteiger partial charge in [-0.2, -0.15) is 0 Å². The highest BCUT2D eigenvalue weighted by Crippen LogP contribution is 2.29. The van der Waals surface area contributed by atoms with Crippen LogP contribution in [-0.2, 0) is 9.53 Å². The lowest BCUT2D eigenvalue weighted by molar-refractivity contribution is -0.122. The number of hydrogen-bond donors (Lipinski definition) is 2.